The molecule has 0 atom stereocenters. The van der Waals surface area contributed by atoms with Crippen molar-refractivity contribution in [2.24, 2.45) is 5.92 Å². The molecule has 1 aromatic rings. The summed E-state index contributed by atoms with van der Waals surface area (Å²) < 4.78 is 1.19. The summed E-state index contributed by atoms with van der Waals surface area (Å²) in [6.45, 7) is 9.21. The second-order valence-corrected chi connectivity index (χ2v) is 5.97. The fraction of sp³-hybridized carbons (Fsp3) is 0.571. The van der Waals surface area contributed by atoms with E-state index < -0.39 is 0 Å². The number of halogens is 1. The molecule has 88 valence electrons. The summed E-state index contributed by atoms with van der Waals surface area (Å²) in [6, 6.07) is 4.45. The van der Waals surface area contributed by atoms with Crippen LogP contribution < -0.4 is 4.90 Å². The van der Waals surface area contributed by atoms with Gasteiger partial charge in [0.05, 0.1) is 0 Å². The van der Waals surface area contributed by atoms with Gasteiger partial charge < -0.3 is 4.90 Å². The molecule has 0 saturated carbocycles. The molecule has 0 bridgehead atoms. The summed E-state index contributed by atoms with van der Waals surface area (Å²) >= 11 is 3.56. The second kappa shape index (κ2) is 4.79. The van der Waals surface area contributed by atoms with Crippen molar-refractivity contribution in [3.63, 3.8) is 0 Å². The van der Waals surface area contributed by atoms with Crippen LogP contribution in [0.2, 0.25) is 0 Å². The van der Waals surface area contributed by atoms with E-state index in [1.165, 1.54) is 47.2 Å². The van der Waals surface area contributed by atoms with Gasteiger partial charge in [-0.05, 0) is 55.9 Å². The highest BCUT2D eigenvalue weighted by atomic mass is 79.9. The zero-order valence-corrected chi connectivity index (χ0v) is 12.0. The van der Waals surface area contributed by atoms with Gasteiger partial charge in [-0.3, -0.25) is 0 Å². The fourth-order valence-electron chi connectivity index (χ4n) is 2.63. The van der Waals surface area contributed by atoms with E-state index in [0.29, 0.717) is 0 Å². The molecule has 0 unspecified atom stereocenters. The Morgan fingerprint density at radius 3 is 2.12 bits per heavy atom. The van der Waals surface area contributed by atoms with Gasteiger partial charge in [0.2, 0.25) is 0 Å². The van der Waals surface area contributed by atoms with Crippen molar-refractivity contribution >= 4 is 21.6 Å². The third-order valence-corrected chi connectivity index (χ3v) is 4.01. The van der Waals surface area contributed by atoms with Crippen molar-refractivity contribution in [1.82, 2.24) is 0 Å². The minimum Gasteiger partial charge on any atom is -0.371 e. The molecule has 1 fully saturated rings. The Morgan fingerprint density at radius 2 is 1.62 bits per heavy atom. The summed E-state index contributed by atoms with van der Waals surface area (Å²) in [5.74, 6) is 0.896. The summed E-state index contributed by atoms with van der Waals surface area (Å²) in [5, 5.41) is 0. The Hall–Kier alpha value is -0.500. The maximum Gasteiger partial charge on any atom is 0.0426 e. The van der Waals surface area contributed by atoms with Crippen LogP contribution >= 0.6 is 15.9 Å². The van der Waals surface area contributed by atoms with Crippen LogP contribution in [0.15, 0.2) is 16.6 Å². The molecule has 16 heavy (non-hydrogen) atoms. The van der Waals surface area contributed by atoms with E-state index >= 15 is 0 Å². The lowest BCUT2D eigenvalue weighted by atomic mass is 9.97. The zero-order valence-electron chi connectivity index (χ0n) is 10.4. The first-order chi connectivity index (χ1) is 7.58. The molecule has 0 radical (unpaired) electrons. The molecule has 1 heterocycles. The molecule has 1 aliphatic rings. The minimum absolute atomic E-state index is 0.896. The number of nitrogens with zero attached hydrogens (tertiary/aromatic N) is 1. The number of hydrogen-bond acceptors (Lipinski definition) is 1. The highest BCUT2D eigenvalue weighted by Crippen LogP contribution is 2.31. The Balaban J connectivity index is 2.26. The number of aryl methyl sites for hydroxylation is 2. The highest BCUT2D eigenvalue weighted by Gasteiger charge is 2.18. The van der Waals surface area contributed by atoms with E-state index in [4.69, 9.17) is 0 Å². The Labute approximate surface area is 107 Å². The number of benzene rings is 1. The summed E-state index contributed by atoms with van der Waals surface area (Å²) in [7, 11) is 0. The van der Waals surface area contributed by atoms with Crippen LogP contribution in [-0.4, -0.2) is 13.1 Å². The number of anilines is 1. The van der Waals surface area contributed by atoms with Gasteiger partial charge in [-0.15, -0.1) is 0 Å². The van der Waals surface area contributed by atoms with E-state index in [1.807, 2.05) is 0 Å². The molecular formula is C14H20BrN. The first-order valence-corrected chi connectivity index (χ1v) is 6.89. The smallest absolute Gasteiger partial charge is 0.0426 e. The van der Waals surface area contributed by atoms with Crippen molar-refractivity contribution in [1.29, 1.82) is 0 Å². The molecule has 0 aromatic heterocycles. The topological polar surface area (TPSA) is 3.24 Å². The lowest BCUT2D eigenvalue weighted by Crippen LogP contribution is -2.33. The second-order valence-electron chi connectivity index (χ2n) is 5.06. The molecule has 1 aromatic carbocycles. The molecule has 0 aliphatic carbocycles. The van der Waals surface area contributed by atoms with Gasteiger partial charge in [0.15, 0.2) is 0 Å². The molecule has 0 spiro atoms. The largest absolute Gasteiger partial charge is 0.371 e. The summed E-state index contributed by atoms with van der Waals surface area (Å²) in [4.78, 5) is 2.55. The predicted molar refractivity (Wildman–Crippen MR) is 74.2 cm³/mol. The maximum absolute atomic E-state index is 3.56. The normalized spacial score (nSPS) is 17.9. The van der Waals surface area contributed by atoms with Gasteiger partial charge >= 0.3 is 0 Å². The summed E-state index contributed by atoms with van der Waals surface area (Å²) in [6.07, 6.45) is 2.66. The van der Waals surface area contributed by atoms with Crippen LogP contribution in [0.3, 0.4) is 0 Å². The van der Waals surface area contributed by atoms with Gasteiger partial charge in [0, 0.05) is 23.2 Å². The number of rotatable bonds is 1. The third kappa shape index (κ3) is 2.42. The van der Waals surface area contributed by atoms with Crippen LogP contribution in [0, 0.1) is 19.8 Å². The Kier molecular flexibility index (Phi) is 3.58. The van der Waals surface area contributed by atoms with Crippen LogP contribution in [0.5, 0.6) is 0 Å². The Morgan fingerprint density at radius 1 is 1.12 bits per heavy atom. The Bertz CT molecular complexity index is 355. The van der Waals surface area contributed by atoms with Gasteiger partial charge in [0.1, 0.15) is 0 Å². The predicted octanol–water partition coefficient (Wildman–Crippen LogP) is 4.30. The molecule has 1 nitrogen and oxygen atoms in total. The average molecular weight is 282 g/mol. The van der Waals surface area contributed by atoms with E-state index in [-0.39, 0.29) is 0 Å². The lowest BCUT2D eigenvalue weighted by molar-refractivity contribution is 0.438. The van der Waals surface area contributed by atoms with Gasteiger partial charge in [-0.1, -0.05) is 22.9 Å². The van der Waals surface area contributed by atoms with Crippen molar-refractivity contribution in [3.05, 3.63) is 27.7 Å². The van der Waals surface area contributed by atoms with E-state index in [2.05, 4.69) is 53.7 Å². The van der Waals surface area contributed by atoms with Crippen molar-refractivity contribution in [2.45, 2.75) is 33.6 Å². The minimum atomic E-state index is 0.896. The first kappa shape index (κ1) is 12.0. The summed E-state index contributed by atoms with van der Waals surface area (Å²) in [5.41, 5.74) is 4.23. The van der Waals surface area contributed by atoms with Gasteiger partial charge in [-0.25, -0.2) is 0 Å². The van der Waals surface area contributed by atoms with Crippen molar-refractivity contribution in [3.8, 4) is 0 Å². The van der Waals surface area contributed by atoms with Gasteiger partial charge in [0.25, 0.3) is 0 Å². The molecule has 2 rings (SSSR count). The molecule has 0 amide bonds. The van der Waals surface area contributed by atoms with E-state index in [1.54, 1.807) is 0 Å². The molecule has 2 heteroatoms. The lowest BCUT2D eigenvalue weighted by Gasteiger charge is -2.34. The van der Waals surface area contributed by atoms with Crippen molar-refractivity contribution < 1.29 is 0 Å². The zero-order chi connectivity index (χ0) is 11.7. The molecule has 1 aliphatic heterocycles. The van der Waals surface area contributed by atoms with E-state index in [9.17, 15) is 0 Å². The SMILES string of the molecule is Cc1cc(Br)cc(C)c1N1CCC(C)CC1. The van der Waals surface area contributed by atoms with Crippen molar-refractivity contribution in [2.75, 3.05) is 18.0 Å². The fourth-order valence-corrected chi connectivity index (χ4v) is 3.32. The van der Waals surface area contributed by atoms with Crippen LogP contribution in [-0.2, 0) is 0 Å². The maximum atomic E-state index is 3.56. The van der Waals surface area contributed by atoms with Crippen LogP contribution in [0.4, 0.5) is 5.69 Å². The van der Waals surface area contributed by atoms with E-state index in [0.717, 1.165) is 5.92 Å². The molecular weight excluding hydrogens is 262 g/mol. The molecule has 1 saturated heterocycles. The monoisotopic (exact) mass is 281 g/mol. The van der Waals surface area contributed by atoms with Gasteiger partial charge in [-0.2, -0.15) is 0 Å². The van der Waals surface area contributed by atoms with Crippen LogP contribution in [0.1, 0.15) is 30.9 Å². The average Bonchev–Trinajstić information content (AvgIpc) is 2.19. The van der Waals surface area contributed by atoms with Crippen LogP contribution in [0.25, 0.3) is 0 Å². The number of hydrogen-bond donors (Lipinski definition) is 0. The standard InChI is InChI=1S/C14H20BrN/c1-10-4-6-16(7-5-10)14-11(2)8-13(15)9-12(14)3/h8-10H,4-7H2,1-3H3. The third-order valence-electron chi connectivity index (χ3n) is 3.56. The molecule has 0 N–H and O–H groups in total. The first-order valence-electron chi connectivity index (χ1n) is 6.09. The number of piperidine rings is 1. The quantitative estimate of drug-likeness (QED) is 0.742. The highest BCUT2D eigenvalue weighted by molar-refractivity contribution is 9.10.